The van der Waals surface area contributed by atoms with Crippen LogP contribution in [0.4, 0.5) is 0 Å². The SMILES string of the molecule is [B]c1ccc(C(C)(CCCCC)CCCCCCC)s1. The fourth-order valence-electron chi connectivity index (χ4n) is 2.93. The molecule has 112 valence electrons. The van der Waals surface area contributed by atoms with Crippen molar-refractivity contribution >= 4 is 24.0 Å². The summed E-state index contributed by atoms with van der Waals surface area (Å²) in [5.41, 5.74) is 0.351. The monoisotopic (exact) mass is 290 g/mol. The van der Waals surface area contributed by atoms with Crippen molar-refractivity contribution in [3.63, 3.8) is 0 Å². The Balaban J connectivity index is 2.54. The van der Waals surface area contributed by atoms with Gasteiger partial charge in [0.15, 0.2) is 0 Å². The van der Waals surface area contributed by atoms with E-state index in [1.165, 1.54) is 69.1 Å². The zero-order valence-corrected chi connectivity index (χ0v) is 14.5. The van der Waals surface area contributed by atoms with Crippen LogP contribution in [0.5, 0.6) is 0 Å². The number of hydrogen-bond donors (Lipinski definition) is 0. The summed E-state index contributed by atoms with van der Waals surface area (Å²) in [6.07, 6.45) is 13.5. The van der Waals surface area contributed by atoms with E-state index in [2.05, 4.69) is 32.9 Å². The highest BCUT2D eigenvalue weighted by Crippen LogP contribution is 2.37. The van der Waals surface area contributed by atoms with Gasteiger partial charge in [0.25, 0.3) is 0 Å². The first-order valence-corrected chi connectivity index (χ1v) is 9.30. The lowest BCUT2D eigenvalue weighted by Gasteiger charge is -2.29. The summed E-state index contributed by atoms with van der Waals surface area (Å²) in [4.78, 5) is 1.50. The van der Waals surface area contributed by atoms with E-state index in [-0.39, 0.29) is 0 Å². The Kier molecular flexibility index (Phi) is 8.60. The third-order valence-electron chi connectivity index (χ3n) is 4.39. The van der Waals surface area contributed by atoms with Crippen LogP contribution >= 0.6 is 11.3 Å². The first-order chi connectivity index (χ1) is 9.62. The highest BCUT2D eigenvalue weighted by molar-refractivity contribution is 7.20. The molecule has 1 rings (SSSR count). The molecule has 2 radical (unpaired) electrons. The number of rotatable bonds is 11. The zero-order chi connectivity index (χ0) is 14.8. The molecule has 0 bridgehead atoms. The van der Waals surface area contributed by atoms with Crippen LogP contribution in [0.3, 0.4) is 0 Å². The average molecular weight is 290 g/mol. The van der Waals surface area contributed by atoms with E-state index in [9.17, 15) is 0 Å². The molecule has 0 spiro atoms. The van der Waals surface area contributed by atoms with Crippen molar-refractivity contribution in [2.24, 2.45) is 0 Å². The van der Waals surface area contributed by atoms with Crippen LogP contribution in [-0.4, -0.2) is 7.85 Å². The average Bonchev–Trinajstić information content (AvgIpc) is 2.86. The second-order valence-electron chi connectivity index (χ2n) is 6.38. The maximum atomic E-state index is 5.94. The third-order valence-corrected chi connectivity index (χ3v) is 5.61. The highest BCUT2D eigenvalue weighted by Gasteiger charge is 2.26. The van der Waals surface area contributed by atoms with Crippen molar-refractivity contribution in [1.82, 2.24) is 0 Å². The van der Waals surface area contributed by atoms with E-state index >= 15 is 0 Å². The summed E-state index contributed by atoms with van der Waals surface area (Å²) in [6, 6.07) is 4.34. The van der Waals surface area contributed by atoms with Gasteiger partial charge in [-0.15, -0.1) is 0 Å². The van der Waals surface area contributed by atoms with E-state index in [1.807, 2.05) is 0 Å². The summed E-state index contributed by atoms with van der Waals surface area (Å²) in [6.45, 7) is 7.02. The normalized spacial score (nSPS) is 14.3. The van der Waals surface area contributed by atoms with Crippen LogP contribution in [0.15, 0.2) is 12.1 Å². The van der Waals surface area contributed by atoms with E-state index in [1.54, 1.807) is 11.3 Å². The van der Waals surface area contributed by atoms with E-state index < -0.39 is 0 Å². The van der Waals surface area contributed by atoms with Gasteiger partial charge >= 0.3 is 0 Å². The number of hydrogen-bond acceptors (Lipinski definition) is 1. The molecule has 0 aliphatic rings. The quantitative estimate of drug-likeness (QED) is 0.360. The lowest BCUT2D eigenvalue weighted by atomic mass is 9.78. The van der Waals surface area contributed by atoms with E-state index in [0.29, 0.717) is 5.41 Å². The van der Waals surface area contributed by atoms with Crippen molar-refractivity contribution in [2.45, 2.75) is 90.4 Å². The molecule has 0 N–H and O–H groups in total. The van der Waals surface area contributed by atoms with Gasteiger partial charge in [0.1, 0.15) is 7.85 Å². The highest BCUT2D eigenvalue weighted by atomic mass is 32.1. The van der Waals surface area contributed by atoms with Gasteiger partial charge in [-0.1, -0.05) is 78.2 Å². The fraction of sp³-hybridized carbons (Fsp3) is 0.778. The molecule has 2 heteroatoms. The Morgan fingerprint density at radius 1 is 0.900 bits per heavy atom. The lowest BCUT2D eigenvalue weighted by molar-refractivity contribution is 0.371. The predicted octanol–water partition coefficient (Wildman–Crippen LogP) is 5.74. The minimum absolute atomic E-state index is 0.351. The van der Waals surface area contributed by atoms with Crippen molar-refractivity contribution in [1.29, 1.82) is 0 Å². The molecule has 0 aromatic carbocycles. The van der Waals surface area contributed by atoms with Gasteiger partial charge in [0, 0.05) is 10.3 Å². The maximum Gasteiger partial charge on any atom is 0.128 e. The van der Waals surface area contributed by atoms with Gasteiger partial charge in [-0.05, 0) is 23.7 Å². The Morgan fingerprint density at radius 3 is 2.00 bits per heavy atom. The van der Waals surface area contributed by atoms with Crippen molar-refractivity contribution in [3.05, 3.63) is 17.0 Å². The van der Waals surface area contributed by atoms with Crippen LogP contribution in [0.1, 0.15) is 89.9 Å². The standard InChI is InChI=1S/C18H31BS/c1-4-6-8-9-11-15-18(3,14-10-7-5-2)16-12-13-17(19)20-16/h12-13H,4-11,14-15H2,1-3H3. The molecule has 1 unspecified atom stereocenters. The molecular formula is C18H31BS. The molecule has 1 heterocycles. The summed E-state index contributed by atoms with van der Waals surface area (Å²) in [5, 5.41) is 0. The van der Waals surface area contributed by atoms with Gasteiger partial charge in [0.2, 0.25) is 0 Å². The fourth-order valence-corrected chi connectivity index (χ4v) is 3.91. The van der Waals surface area contributed by atoms with Crippen LogP contribution in [-0.2, 0) is 5.41 Å². The van der Waals surface area contributed by atoms with Gasteiger partial charge < -0.3 is 0 Å². The third kappa shape index (κ3) is 6.03. The van der Waals surface area contributed by atoms with E-state index in [4.69, 9.17) is 7.85 Å². The van der Waals surface area contributed by atoms with Crippen LogP contribution in [0.25, 0.3) is 0 Å². The molecule has 1 aromatic rings. The van der Waals surface area contributed by atoms with Crippen molar-refractivity contribution < 1.29 is 0 Å². The Hall–Kier alpha value is -0.235. The maximum absolute atomic E-state index is 5.94. The Labute approximate surface area is 131 Å². The lowest BCUT2D eigenvalue weighted by Crippen LogP contribution is -2.20. The second-order valence-corrected chi connectivity index (χ2v) is 7.50. The van der Waals surface area contributed by atoms with Crippen LogP contribution in [0.2, 0.25) is 0 Å². The van der Waals surface area contributed by atoms with Crippen LogP contribution < -0.4 is 4.78 Å². The van der Waals surface area contributed by atoms with Gasteiger partial charge in [-0.3, -0.25) is 0 Å². The topological polar surface area (TPSA) is 0 Å². The largest absolute Gasteiger partial charge is 0.156 e. The smallest absolute Gasteiger partial charge is 0.128 e. The second kappa shape index (κ2) is 9.66. The van der Waals surface area contributed by atoms with Crippen molar-refractivity contribution in [2.75, 3.05) is 0 Å². The van der Waals surface area contributed by atoms with Crippen LogP contribution in [0, 0.1) is 0 Å². The van der Waals surface area contributed by atoms with Gasteiger partial charge in [0.05, 0.1) is 0 Å². The predicted molar refractivity (Wildman–Crippen MR) is 94.6 cm³/mol. The number of thiophene rings is 1. The molecule has 0 saturated carbocycles. The summed E-state index contributed by atoms with van der Waals surface area (Å²) in [7, 11) is 5.94. The first kappa shape index (κ1) is 17.8. The zero-order valence-electron chi connectivity index (χ0n) is 13.7. The molecular weight excluding hydrogens is 259 g/mol. The summed E-state index contributed by atoms with van der Waals surface area (Å²) in [5.74, 6) is 0. The van der Waals surface area contributed by atoms with Gasteiger partial charge in [-0.25, -0.2) is 0 Å². The molecule has 0 amide bonds. The first-order valence-electron chi connectivity index (χ1n) is 8.48. The van der Waals surface area contributed by atoms with Gasteiger partial charge in [-0.2, -0.15) is 11.3 Å². The van der Waals surface area contributed by atoms with Crippen molar-refractivity contribution in [3.8, 4) is 0 Å². The summed E-state index contributed by atoms with van der Waals surface area (Å²) >= 11 is 1.80. The molecule has 20 heavy (non-hydrogen) atoms. The number of unbranched alkanes of at least 4 members (excludes halogenated alkanes) is 6. The molecule has 0 saturated heterocycles. The minimum atomic E-state index is 0.351. The summed E-state index contributed by atoms with van der Waals surface area (Å²) < 4.78 is 0.965. The van der Waals surface area contributed by atoms with E-state index in [0.717, 1.165) is 4.78 Å². The molecule has 1 aromatic heterocycles. The minimum Gasteiger partial charge on any atom is -0.156 e. The Morgan fingerprint density at radius 2 is 1.45 bits per heavy atom. The molecule has 0 fully saturated rings. The Bertz CT molecular complexity index is 358. The molecule has 1 atom stereocenters. The molecule has 0 aliphatic heterocycles. The molecule has 0 nitrogen and oxygen atoms in total. The molecule has 0 aliphatic carbocycles.